The van der Waals surface area contributed by atoms with Crippen molar-refractivity contribution in [1.29, 1.82) is 0 Å². The monoisotopic (exact) mass is 534 g/mol. The molecule has 0 atom stereocenters. The molecular formula is C23H15F5N6O2S. The SMILES string of the molecule is Cc1sc(C(=O)O)c2c1nc(C(F)(F)C(F)(F)F)n2Cc1ccc(-c2ccccc2-c2nn[nH]n2)cc1. The number of fused-ring (bicyclic) bond motifs is 1. The van der Waals surface area contributed by atoms with Gasteiger partial charge in [-0.2, -0.15) is 27.2 Å². The number of halogens is 5. The number of aromatic nitrogens is 6. The van der Waals surface area contributed by atoms with Crippen molar-refractivity contribution >= 4 is 28.3 Å². The van der Waals surface area contributed by atoms with Gasteiger partial charge >= 0.3 is 18.1 Å². The van der Waals surface area contributed by atoms with Crippen LogP contribution < -0.4 is 0 Å². The summed E-state index contributed by atoms with van der Waals surface area (Å²) in [5, 5.41) is 23.5. The van der Waals surface area contributed by atoms with Gasteiger partial charge in [0, 0.05) is 17.0 Å². The summed E-state index contributed by atoms with van der Waals surface area (Å²) in [6.45, 7) is 0.961. The molecule has 14 heteroatoms. The Kier molecular flexibility index (Phi) is 5.78. The highest BCUT2D eigenvalue weighted by Gasteiger charge is 2.62. The highest BCUT2D eigenvalue weighted by molar-refractivity contribution is 7.15. The molecule has 0 saturated carbocycles. The van der Waals surface area contributed by atoms with Crippen LogP contribution in [0.1, 0.15) is 25.9 Å². The smallest absolute Gasteiger partial charge is 0.461 e. The lowest BCUT2D eigenvalue weighted by Crippen LogP contribution is -2.36. The topological polar surface area (TPSA) is 110 Å². The Morgan fingerprint density at radius 3 is 2.32 bits per heavy atom. The molecule has 0 aliphatic carbocycles. The number of H-pyrrole nitrogens is 1. The number of aromatic amines is 1. The van der Waals surface area contributed by atoms with Crippen LogP contribution in [-0.2, 0) is 12.5 Å². The molecule has 5 aromatic rings. The maximum atomic E-state index is 14.5. The van der Waals surface area contributed by atoms with Gasteiger partial charge in [0.25, 0.3) is 0 Å². The zero-order valence-electron chi connectivity index (χ0n) is 18.7. The third kappa shape index (κ3) is 4.12. The van der Waals surface area contributed by atoms with Gasteiger partial charge in [-0.1, -0.05) is 48.5 Å². The normalized spacial score (nSPS) is 12.4. The summed E-state index contributed by atoms with van der Waals surface area (Å²) in [6, 6.07) is 13.6. The first-order chi connectivity index (χ1) is 17.5. The molecule has 5 rings (SSSR count). The number of imidazole rings is 1. The first-order valence-corrected chi connectivity index (χ1v) is 11.4. The molecule has 0 unspecified atom stereocenters. The zero-order valence-corrected chi connectivity index (χ0v) is 19.5. The van der Waals surface area contributed by atoms with Crippen molar-refractivity contribution in [3.63, 3.8) is 0 Å². The van der Waals surface area contributed by atoms with Crippen LogP contribution in [0, 0.1) is 6.92 Å². The van der Waals surface area contributed by atoms with Gasteiger partial charge in [0.2, 0.25) is 5.82 Å². The predicted molar refractivity (Wildman–Crippen MR) is 123 cm³/mol. The van der Waals surface area contributed by atoms with Crippen molar-refractivity contribution in [1.82, 2.24) is 30.2 Å². The Labute approximate surface area is 208 Å². The van der Waals surface area contributed by atoms with E-state index in [1.165, 1.54) is 6.92 Å². The van der Waals surface area contributed by atoms with Crippen molar-refractivity contribution in [2.75, 3.05) is 0 Å². The average molecular weight is 534 g/mol. The number of aryl methyl sites for hydroxylation is 1. The van der Waals surface area contributed by atoms with Crippen LogP contribution in [0.15, 0.2) is 48.5 Å². The van der Waals surface area contributed by atoms with Gasteiger partial charge in [-0.05, 0) is 28.8 Å². The second-order valence-corrected chi connectivity index (χ2v) is 9.29. The molecule has 0 spiro atoms. The van der Waals surface area contributed by atoms with Crippen molar-refractivity contribution in [2.45, 2.75) is 25.6 Å². The van der Waals surface area contributed by atoms with E-state index in [1.807, 2.05) is 6.07 Å². The largest absolute Gasteiger partial charge is 0.477 e. The highest BCUT2D eigenvalue weighted by atomic mass is 32.1. The molecule has 8 nitrogen and oxygen atoms in total. The van der Waals surface area contributed by atoms with E-state index in [-0.39, 0.29) is 20.8 Å². The number of tetrazole rings is 1. The van der Waals surface area contributed by atoms with Crippen LogP contribution in [0.2, 0.25) is 0 Å². The molecule has 0 aliphatic heterocycles. The fourth-order valence-electron chi connectivity index (χ4n) is 4.02. The summed E-state index contributed by atoms with van der Waals surface area (Å²) >= 11 is 0.765. The van der Waals surface area contributed by atoms with Crippen molar-refractivity contribution in [3.8, 4) is 22.5 Å². The van der Waals surface area contributed by atoms with Gasteiger partial charge in [0.15, 0.2) is 5.82 Å². The minimum Gasteiger partial charge on any atom is -0.477 e. The van der Waals surface area contributed by atoms with E-state index in [2.05, 4.69) is 25.6 Å². The minimum absolute atomic E-state index is 0.202. The third-order valence-electron chi connectivity index (χ3n) is 5.72. The Balaban J connectivity index is 1.60. The molecule has 37 heavy (non-hydrogen) atoms. The predicted octanol–water partition coefficient (Wildman–Crippen LogP) is 5.65. The minimum atomic E-state index is -5.92. The van der Waals surface area contributed by atoms with E-state index >= 15 is 0 Å². The fraction of sp³-hybridized carbons (Fsp3) is 0.174. The Morgan fingerprint density at radius 1 is 1.05 bits per heavy atom. The van der Waals surface area contributed by atoms with Gasteiger partial charge in [-0.15, -0.1) is 21.5 Å². The molecule has 0 bridgehead atoms. The van der Waals surface area contributed by atoms with E-state index in [9.17, 15) is 31.9 Å². The Bertz CT molecular complexity index is 1610. The Hall–Kier alpha value is -4.20. The van der Waals surface area contributed by atoms with Crippen LogP contribution in [0.4, 0.5) is 22.0 Å². The fourth-order valence-corrected chi connectivity index (χ4v) is 4.96. The van der Waals surface area contributed by atoms with E-state index in [4.69, 9.17) is 0 Å². The van der Waals surface area contributed by atoms with E-state index in [0.717, 1.165) is 16.9 Å². The summed E-state index contributed by atoms with van der Waals surface area (Å²) in [4.78, 5) is 15.2. The third-order valence-corrected chi connectivity index (χ3v) is 6.79. The number of hydrogen-bond acceptors (Lipinski definition) is 6. The van der Waals surface area contributed by atoms with Crippen molar-refractivity contribution in [3.05, 3.63) is 69.7 Å². The van der Waals surface area contributed by atoms with Gasteiger partial charge < -0.3 is 9.67 Å². The highest BCUT2D eigenvalue weighted by Crippen LogP contribution is 2.46. The second kappa shape index (κ2) is 8.73. The van der Waals surface area contributed by atoms with Crippen LogP contribution in [0.25, 0.3) is 33.5 Å². The molecule has 190 valence electrons. The molecular weight excluding hydrogens is 519 g/mol. The van der Waals surface area contributed by atoms with Crippen LogP contribution in [0.3, 0.4) is 0 Å². The lowest BCUT2D eigenvalue weighted by atomic mass is 9.98. The number of hydrogen-bond donors (Lipinski definition) is 2. The molecule has 0 saturated heterocycles. The Morgan fingerprint density at radius 2 is 1.73 bits per heavy atom. The zero-order chi connectivity index (χ0) is 26.5. The first kappa shape index (κ1) is 24.5. The molecule has 0 amide bonds. The summed E-state index contributed by atoms with van der Waals surface area (Å²) in [5.41, 5.74) is 2.00. The lowest BCUT2D eigenvalue weighted by molar-refractivity contribution is -0.293. The number of rotatable bonds is 6. The summed E-state index contributed by atoms with van der Waals surface area (Å²) in [5.74, 6) is -7.95. The maximum absolute atomic E-state index is 14.5. The number of aromatic carboxylic acids is 1. The van der Waals surface area contributed by atoms with Gasteiger partial charge in [-0.3, -0.25) is 0 Å². The number of benzene rings is 2. The number of thiophene rings is 1. The van der Waals surface area contributed by atoms with Gasteiger partial charge in [-0.25, -0.2) is 9.78 Å². The van der Waals surface area contributed by atoms with E-state index in [0.29, 0.717) is 27.1 Å². The molecule has 0 radical (unpaired) electrons. The second-order valence-electron chi connectivity index (χ2n) is 8.06. The molecule has 3 aromatic heterocycles. The number of carboxylic acids is 1. The molecule has 2 aromatic carbocycles. The van der Waals surface area contributed by atoms with Crippen molar-refractivity contribution in [2.24, 2.45) is 0 Å². The summed E-state index contributed by atoms with van der Waals surface area (Å²) in [7, 11) is 0. The molecule has 0 aliphatic rings. The number of alkyl halides is 5. The summed E-state index contributed by atoms with van der Waals surface area (Å²) < 4.78 is 69.5. The summed E-state index contributed by atoms with van der Waals surface area (Å²) in [6.07, 6.45) is -5.92. The number of carboxylic acid groups (broad SMARTS) is 1. The van der Waals surface area contributed by atoms with Gasteiger partial charge in [0.1, 0.15) is 10.4 Å². The molecule has 3 heterocycles. The quantitative estimate of drug-likeness (QED) is 0.272. The average Bonchev–Trinajstić information content (AvgIpc) is 3.57. The van der Waals surface area contributed by atoms with Crippen LogP contribution in [0.5, 0.6) is 0 Å². The molecule has 0 fully saturated rings. The lowest BCUT2D eigenvalue weighted by Gasteiger charge is -2.20. The number of nitrogens with zero attached hydrogens (tertiary/aromatic N) is 5. The van der Waals surface area contributed by atoms with E-state index < -0.39 is 30.4 Å². The molecule has 2 N–H and O–H groups in total. The maximum Gasteiger partial charge on any atom is 0.461 e. The van der Waals surface area contributed by atoms with E-state index in [1.54, 1.807) is 42.5 Å². The van der Waals surface area contributed by atoms with Crippen LogP contribution >= 0.6 is 11.3 Å². The number of nitrogens with one attached hydrogen (secondary N) is 1. The first-order valence-electron chi connectivity index (χ1n) is 10.6. The van der Waals surface area contributed by atoms with Crippen molar-refractivity contribution < 1.29 is 31.9 Å². The van der Waals surface area contributed by atoms with Gasteiger partial charge in [0.05, 0.1) is 5.52 Å². The standard InChI is InChI=1S/C23H15F5N6O2S/c1-11-16-17(18(37-11)20(35)36)34(21(29-16)22(24,25)23(26,27)28)10-12-6-8-13(9-7-12)14-4-2-3-5-15(14)19-30-32-33-31-19/h2-9H,10H2,1H3,(H,35,36)(H,30,31,32,33). The number of carbonyl (C=O) groups is 1. The van der Waals surface area contributed by atoms with Crippen LogP contribution in [-0.4, -0.2) is 47.4 Å².